The number of hydrogen-bond acceptors (Lipinski definition) is 2. The maximum atomic E-state index is 6.13. The molecule has 0 heterocycles. The van der Waals surface area contributed by atoms with E-state index in [4.69, 9.17) is 10.5 Å². The van der Waals surface area contributed by atoms with E-state index < -0.39 is 0 Å². The summed E-state index contributed by atoms with van der Waals surface area (Å²) in [5.41, 5.74) is 8.97. The van der Waals surface area contributed by atoms with E-state index in [9.17, 15) is 0 Å². The second-order valence-electron chi connectivity index (χ2n) is 4.88. The minimum atomic E-state index is 0.162. The minimum Gasteiger partial charge on any atom is -0.494 e. The smallest absolute Gasteiger partial charge is 0.119 e. The molecular weight excluding hydrogens is 186 g/mol. The Kier molecular flexibility index (Phi) is 2.47. The first-order chi connectivity index (χ1) is 7.04. The molecule has 0 spiro atoms. The Labute approximate surface area is 91.4 Å². The van der Waals surface area contributed by atoms with E-state index in [-0.39, 0.29) is 11.5 Å². The first kappa shape index (κ1) is 10.5. The lowest BCUT2D eigenvalue weighted by atomic mass is 9.86. The molecule has 82 valence electrons. The number of nitrogens with two attached hydrogens (primary N) is 1. The summed E-state index contributed by atoms with van der Waals surface area (Å²) in [5, 5.41) is 0. The highest BCUT2D eigenvalue weighted by atomic mass is 16.5. The van der Waals surface area contributed by atoms with Crippen LogP contribution >= 0.6 is 0 Å². The summed E-state index contributed by atoms with van der Waals surface area (Å²) in [6.45, 7) is 7.20. The lowest BCUT2D eigenvalue weighted by molar-refractivity contribution is 0.339. The predicted molar refractivity (Wildman–Crippen MR) is 62.2 cm³/mol. The third kappa shape index (κ3) is 1.74. The van der Waals surface area contributed by atoms with Gasteiger partial charge in [-0.25, -0.2) is 0 Å². The Morgan fingerprint density at radius 3 is 2.87 bits per heavy atom. The zero-order valence-corrected chi connectivity index (χ0v) is 9.71. The molecule has 0 aliphatic heterocycles. The van der Waals surface area contributed by atoms with E-state index in [0.29, 0.717) is 6.61 Å². The fraction of sp³-hybridized carbons (Fsp3) is 0.538. The number of rotatable bonds is 2. The molecule has 2 N–H and O–H groups in total. The average molecular weight is 205 g/mol. The van der Waals surface area contributed by atoms with Crippen molar-refractivity contribution in [2.75, 3.05) is 6.61 Å². The van der Waals surface area contributed by atoms with E-state index in [1.807, 2.05) is 13.0 Å². The third-order valence-electron chi connectivity index (χ3n) is 3.19. The Morgan fingerprint density at radius 2 is 2.20 bits per heavy atom. The zero-order chi connectivity index (χ0) is 11.1. The first-order valence-corrected chi connectivity index (χ1v) is 5.57. The van der Waals surface area contributed by atoms with Gasteiger partial charge in [0.15, 0.2) is 0 Å². The number of benzene rings is 1. The quantitative estimate of drug-likeness (QED) is 0.805. The van der Waals surface area contributed by atoms with E-state index in [1.165, 1.54) is 11.1 Å². The summed E-state index contributed by atoms with van der Waals surface area (Å²) < 4.78 is 5.49. The summed E-state index contributed by atoms with van der Waals surface area (Å²) in [6.07, 6.45) is 1.03. The van der Waals surface area contributed by atoms with Crippen molar-refractivity contribution in [2.24, 2.45) is 5.73 Å². The van der Waals surface area contributed by atoms with E-state index in [1.54, 1.807) is 0 Å². The van der Waals surface area contributed by atoms with Crippen LogP contribution in [0.3, 0.4) is 0 Å². The van der Waals surface area contributed by atoms with Crippen molar-refractivity contribution < 1.29 is 4.74 Å². The van der Waals surface area contributed by atoms with Crippen molar-refractivity contribution >= 4 is 0 Å². The van der Waals surface area contributed by atoms with Crippen LogP contribution in [0.25, 0.3) is 0 Å². The molecule has 0 amide bonds. The second kappa shape index (κ2) is 3.53. The van der Waals surface area contributed by atoms with Crippen molar-refractivity contribution in [3.05, 3.63) is 29.3 Å². The van der Waals surface area contributed by atoms with Crippen molar-refractivity contribution in [3.8, 4) is 5.75 Å². The molecule has 0 fully saturated rings. The molecule has 1 aromatic rings. The van der Waals surface area contributed by atoms with Crippen molar-refractivity contribution in [1.82, 2.24) is 0 Å². The summed E-state index contributed by atoms with van der Waals surface area (Å²) in [7, 11) is 0. The van der Waals surface area contributed by atoms with Crippen LogP contribution in [-0.4, -0.2) is 6.61 Å². The number of hydrogen-bond donors (Lipinski definition) is 1. The molecule has 0 saturated heterocycles. The van der Waals surface area contributed by atoms with Crippen LogP contribution in [-0.2, 0) is 5.41 Å². The molecular formula is C13H19NO. The van der Waals surface area contributed by atoms with Gasteiger partial charge in [0.05, 0.1) is 6.61 Å². The average Bonchev–Trinajstić information content (AvgIpc) is 2.38. The van der Waals surface area contributed by atoms with Crippen LogP contribution in [0.2, 0.25) is 0 Å². The predicted octanol–water partition coefficient (Wildman–Crippen LogP) is 2.77. The van der Waals surface area contributed by atoms with Crippen LogP contribution in [0.4, 0.5) is 0 Å². The lowest BCUT2D eigenvalue weighted by Gasteiger charge is -2.18. The van der Waals surface area contributed by atoms with Crippen LogP contribution in [0.1, 0.15) is 44.4 Å². The van der Waals surface area contributed by atoms with Crippen molar-refractivity contribution in [3.63, 3.8) is 0 Å². The van der Waals surface area contributed by atoms with Crippen LogP contribution < -0.4 is 10.5 Å². The maximum absolute atomic E-state index is 6.13. The van der Waals surface area contributed by atoms with Gasteiger partial charge in [0.25, 0.3) is 0 Å². The first-order valence-electron chi connectivity index (χ1n) is 5.57. The molecule has 1 atom stereocenters. The van der Waals surface area contributed by atoms with Crippen molar-refractivity contribution in [1.29, 1.82) is 0 Å². The van der Waals surface area contributed by atoms with Gasteiger partial charge in [-0.2, -0.15) is 0 Å². The summed E-state index contributed by atoms with van der Waals surface area (Å²) in [5.74, 6) is 0.935. The molecule has 2 nitrogen and oxygen atoms in total. The van der Waals surface area contributed by atoms with E-state index in [0.717, 1.165) is 12.2 Å². The van der Waals surface area contributed by atoms with Crippen LogP contribution in [0.5, 0.6) is 5.75 Å². The Balaban J connectivity index is 2.41. The number of fused-ring (bicyclic) bond motifs is 1. The Hall–Kier alpha value is -1.02. The van der Waals surface area contributed by atoms with Crippen LogP contribution in [0, 0.1) is 0 Å². The van der Waals surface area contributed by atoms with Gasteiger partial charge in [-0.3, -0.25) is 0 Å². The molecule has 0 bridgehead atoms. The highest BCUT2D eigenvalue weighted by molar-refractivity contribution is 5.45. The van der Waals surface area contributed by atoms with Crippen molar-refractivity contribution in [2.45, 2.75) is 38.6 Å². The van der Waals surface area contributed by atoms with Crippen LogP contribution in [0.15, 0.2) is 18.2 Å². The minimum absolute atomic E-state index is 0.162. The fourth-order valence-electron chi connectivity index (χ4n) is 2.49. The molecule has 0 radical (unpaired) electrons. The van der Waals surface area contributed by atoms with Gasteiger partial charge in [-0.05, 0) is 42.0 Å². The standard InChI is InChI=1S/C13H19NO/c1-4-15-9-5-6-11-10(7-9)12(14)8-13(11,2)3/h5-7,12H,4,8,14H2,1-3H3/t12-/m1/s1. The Morgan fingerprint density at radius 1 is 1.47 bits per heavy atom. The third-order valence-corrected chi connectivity index (χ3v) is 3.19. The zero-order valence-electron chi connectivity index (χ0n) is 9.71. The lowest BCUT2D eigenvalue weighted by Crippen LogP contribution is -2.14. The largest absolute Gasteiger partial charge is 0.494 e. The van der Waals surface area contributed by atoms with Gasteiger partial charge in [-0.15, -0.1) is 0 Å². The molecule has 1 aliphatic carbocycles. The molecule has 0 aromatic heterocycles. The molecule has 1 aromatic carbocycles. The molecule has 15 heavy (non-hydrogen) atoms. The summed E-state index contributed by atoms with van der Waals surface area (Å²) in [6, 6.07) is 6.46. The number of ether oxygens (including phenoxy) is 1. The summed E-state index contributed by atoms with van der Waals surface area (Å²) >= 11 is 0. The van der Waals surface area contributed by atoms with Gasteiger partial charge in [0.2, 0.25) is 0 Å². The van der Waals surface area contributed by atoms with E-state index >= 15 is 0 Å². The van der Waals surface area contributed by atoms with Gasteiger partial charge in [-0.1, -0.05) is 19.9 Å². The van der Waals surface area contributed by atoms with Gasteiger partial charge in [0, 0.05) is 6.04 Å². The molecule has 1 aliphatic rings. The fourth-order valence-corrected chi connectivity index (χ4v) is 2.49. The second-order valence-corrected chi connectivity index (χ2v) is 4.88. The van der Waals surface area contributed by atoms with E-state index in [2.05, 4.69) is 26.0 Å². The van der Waals surface area contributed by atoms with Gasteiger partial charge in [0.1, 0.15) is 5.75 Å². The Bertz CT molecular complexity index is 371. The molecule has 2 rings (SSSR count). The van der Waals surface area contributed by atoms with Gasteiger partial charge >= 0.3 is 0 Å². The SMILES string of the molecule is CCOc1ccc2c(c1)[C@H](N)CC2(C)C. The monoisotopic (exact) mass is 205 g/mol. The normalized spacial score (nSPS) is 22.5. The maximum Gasteiger partial charge on any atom is 0.119 e. The highest BCUT2D eigenvalue weighted by Gasteiger charge is 2.34. The topological polar surface area (TPSA) is 35.2 Å². The van der Waals surface area contributed by atoms with Gasteiger partial charge < -0.3 is 10.5 Å². The highest BCUT2D eigenvalue weighted by Crippen LogP contribution is 2.44. The summed E-state index contributed by atoms with van der Waals surface area (Å²) in [4.78, 5) is 0. The molecule has 0 unspecified atom stereocenters. The molecule has 0 saturated carbocycles. The molecule has 2 heteroatoms.